The highest BCUT2D eigenvalue weighted by Crippen LogP contribution is 2.30. The molecule has 0 unspecified atom stereocenters. The molecule has 1 aromatic heterocycles. The second-order valence-corrected chi connectivity index (χ2v) is 7.48. The van der Waals surface area contributed by atoms with E-state index in [0.717, 1.165) is 50.2 Å². The lowest BCUT2D eigenvalue weighted by atomic mass is 10.3. The summed E-state index contributed by atoms with van der Waals surface area (Å²) in [6.45, 7) is 8.48. The predicted octanol–water partition coefficient (Wildman–Crippen LogP) is 4.76. The van der Waals surface area contributed by atoms with Gasteiger partial charge in [0.05, 0.1) is 13.2 Å². The fourth-order valence-corrected chi connectivity index (χ4v) is 2.91. The second kappa shape index (κ2) is 14.9. The first-order chi connectivity index (χ1) is 15.3. The molecule has 1 aliphatic rings. The molecule has 0 saturated heterocycles. The van der Waals surface area contributed by atoms with E-state index >= 15 is 0 Å². The molecule has 2 aromatic rings. The summed E-state index contributed by atoms with van der Waals surface area (Å²) in [5.74, 6) is 3.51. The molecular weight excluding hydrogens is 519 g/mol. The van der Waals surface area contributed by atoms with E-state index in [-0.39, 0.29) is 24.0 Å². The molecule has 0 radical (unpaired) electrons. The molecule has 0 bridgehead atoms. The van der Waals surface area contributed by atoms with Crippen LogP contribution in [0.5, 0.6) is 17.4 Å². The van der Waals surface area contributed by atoms with E-state index in [0.29, 0.717) is 30.5 Å². The van der Waals surface area contributed by atoms with Crippen LogP contribution in [0.15, 0.2) is 47.6 Å². The zero-order chi connectivity index (χ0) is 21.7. The van der Waals surface area contributed by atoms with Gasteiger partial charge < -0.3 is 24.8 Å². The lowest BCUT2D eigenvalue weighted by Gasteiger charge is -2.12. The van der Waals surface area contributed by atoms with Gasteiger partial charge in [-0.15, -0.1) is 24.0 Å². The fraction of sp³-hybridized carbons (Fsp3) is 0.500. The number of hydrogen-bond acceptors (Lipinski definition) is 5. The maximum Gasteiger partial charge on any atom is 0.219 e. The van der Waals surface area contributed by atoms with Crippen molar-refractivity contribution < 1.29 is 14.2 Å². The third-order valence-electron chi connectivity index (χ3n) is 4.73. The summed E-state index contributed by atoms with van der Waals surface area (Å²) in [6.07, 6.45) is 5.42. The Balaban J connectivity index is 0.00000363. The Morgan fingerprint density at radius 2 is 1.91 bits per heavy atom. The van der Waals surface area contributed by atoms with Gasteiger partial charge in [0, 0.05) is 38.6 Å². The predicted molar refractivity (Wildman–Crippen MR) is 138 cm³/mol. The lowest BCUT2D eigenvalue weighted by molar-refractivity contribution is 0.123. The van der Waals surface area contributed by atoms with Gasteiger partial charge in [-0.2, -0.15) is 0 Å². The van der Waals surface area contributed by atoms with Crippen molar-refractivity contribution in [2.45, 2.75) is 39.7 Å². The van der Waals surface area contributed by atoms with E-state index in [1.165, 1.54) is 12.8 Å². The highest BCUT2D eigenvalue weighted by molar-refractivity contribution is 14.0. The minimum absolute atomic E-state index is 0. The zero-order valence-corrected chi connectivity index (χ0v) is 21.3. The molecule has 3 rings (SSSR count). The summed E-state index contributed by atoms with van der Waals surface area (Å²) in [5, 5.41) is 6.63. The lowest BCUT2D eigenvalue weighted by Crippen LogP contribution is -2.38. The molecule has 1 fully saturated rings. The number of hydrogen-bond donors (Lipinski definition) is 2. The van der Waals surface area contributed by atoms with Gasteiger partial charge >= 0.3 is 0 Å². The monoisotopic (exact) mass is 554 g/mol. The third kappa shape index (κ3) is 9.60. The SMILES string of the molecule is CCNC(=NCc1ccc(Oc2ccccc2OCC)nc1)NCCCOCC1CC1.I. The Morgan fingerprint density at radius 3 is 2.59 bits per heavy atom. The summed E-state index contributed by atoms with van der Waals surface area (Å²) in [6, 6.07) is 11.4. The van der Waals surface area contributed by atoms with Gasteiger partial charge in [-0.05, 0) is 56.7 Å². The molecule has 1 heterocycles. The Hall–Kier alpha value is -2.07. The number of ether oxygens (including phenoxy) is 3. The van der Waals surface area contributed by atoms with Crippen molar-refractivity contribution in [1.82, 2.24) is 15.6 Å². The molecular formula is C24H35IN4O3. The van der Waals surface area contributed by atoms with Gasteiger partial charge in [0.25, 0.3) is 0 Å². The van der Waals surface area contributed by atoms with Gasteiger partial charge in [0.15, 0.2) is 17.5 Å². The number of rotatable bonds is 13. The molecule has 0 amide bonds. The normalized spacial score (nSPS) is 13.2. The smallest absolute Gasteiger partial charge is 0.219 e. The van der Waals surface area contributed by atoms with E-state index in [4.69, 9.17) is 14.2 Å². The Bertz CT molecular complexity index is 813. The highest BCUT2D eigenvalue weighted by Gasteiger charge is 2.20. The van der Waals surface area contributed by atoms with Crippen LogP contribution >= 0.6 is 24.0 Å². The molecule has 176 valence electrons. The van der Waals surface area contributed by atoms with Crippen molar-refractivity contribution in [1.29, 1.82) is 0 Å². The average Bonchev–Trinajstić information content (AvgIpc) is 3.61. The van der Waals surface area contributed by atoms with E-state index in [9.17, 15) is 0 Å². The maximum atomic E-state index is 5.88. The summed E-state index contributed by atoms with van der Waals surface area (Å²) in [5.41, 5.74) is 1.01. The van der Waals surface area contributed by atoms with Gasteiger partial charge in [-0.3, -0.25) is 0 Å². The molecule has 8 heteroatoms. The third-order valence-corrected chi connectivity index (χ3v) is 4.73. The number of aliphatic imine (C=N–C) groups is 1. The van der Waals surface area contributed by atoms with E-state index in [1.807, 2.05) is 43.3 Å². The standard InChI is InChI=1S/C24H34N4O3.HI/c1-3-25-24(26-14-7-15-29-18-19-10-11-19)28-17-20-12-13-23(27-16-20)31-22-9-6-5-8-21(22)30-4-2;/h5-6,8-9,12-13,16,19H,3-4,7,10-11,14-15,17-18H2,1-2H3,(H2,25,26,28);1H. The minimum atomic E-state index is 0. The van der Waals surface area contributed by atoms with E-state index in [2.05, 4.69) is 27.5 Å². The number of guanidine groups is 1. The molecule has 0 atom stereocenters. The van der Waals surface area contributed by atoms with Crippen LogP contribution in [0.1, 0.15) is 38.7 Å². The first kappa shape index (κ1) is 26.2. The molecule has 7 nitrogen and oxygen atoms in total. The number of pyridine rings is 1. The van der Waals surface area contributed by atoms with E-state index in [1.54, 1.807) is 6.20 Å². The van der Waals surface area contributed by atoms with E-state index < -0.39 is 0 Å². The number of halogens is 1. The molecule has 0 aliphatic heterocycles. The number of benzene rings is 1. The van der Waals surface area contributed by atoms with Gasteiger partial charge in [0.1, 0.15) is 0 Å². The first-order valence-corrected chi connectivity index (χ1v) is 11.2. The number of aromatic nitrogens is 1. The van der Waals surface area contributed by atoms with Crippen LogP contribution < -0.4 is 20.1 Å². The largest absolute Gasteiger partial charge is 0.490 e. The fourth-order valence-electron chi connectivity index (χ4n) is 2.91. The maximum absolute atomic E-state index is 5.88. The Morgan fingerprint density at radius 1 is 1.09 bits per heavy atom. The first-order valence-electron chi connectivity index (χ1n) is 11.2. The Labute approximate surface area is 208 Å². The van der Waals surface area contributed by atoms with Crippen LogP contribution in [0.4, 0.5) is 0 Å². The summed E-state index contributed by atoms with van der Waals surface area (Å²) >= 11 is 0. The van der Waals surface area contributed by atoms with Crippen molar-refractivity contribution in [2.75, 3.05) is 32.9 Å². The molecule has 2 N–H and O–H groups in total. The van der Waals surface area contributed by atoms with Crippen LogP contribution in [0.25, 0.3) is 0 Å². The number of nitrogens with one attached hydrogen (secondary N) is 2. The van der Waals surface area contributed by atoms with Crippen molar-refractivity contribution in [3.63, 3.8) is 0 Å². The Kier molecular flexibility index (Phi) is 12.2. The minimum Gasteiger partial charge on any atom is -0.490 e. The van der Waals surface area contributed by atoms with Crippen LogP contribution in [0.3, 0.4) is 0 Å². The number of para-hydroxylation sites is 2. The summed E-state index contributed by atoms with van der Waals surface area (Å²) in [4.78, 5) is 9.05. The molecule has 32 heavy (non-hydrogen) atoms. The van der Waals surface area contributed by atoms with Gasteiger partial charge in [-0.1, -0.05) is 18.2 Å². The van der Waals surface area contributed by atoms with Crippen molar-refractivity contribution >= 4 is 29.9 Å². The van der Waals surface area contributed by atoms with Crippen LogP contribution in [-0.4, -0.2) is 43.9 Å². The average molecular weight is 554 g/mol. The zero-order valence-electron chi connectivity index (χ0n) is 19.0. The molecule has 1 aliphatic carbocycles. The van der Waals surface area contributed by atoms with Crippen LogP contribution in [0.2, 0.25) is 0 Å². The van der Waals surface area contributed by atoms with Crippen LogP contribution in [0, 0.1) is 5.92 Å². The van der Waals surface area contributed by atoms with Gasteiger partial charge in [0.2, 0.25) is 5.88 Å². The molecule has 0 spiro atoms. The van der Waals surface area contributed by atoms with Crippen molar-refractivity contribution in [2.24, 2.45) is 10.9 Å². The van der Waals surface area contributed by atoms with Crippen LogP contribution in [-0.2, 0) is 11.3 Å². The highest BCUT2D eigenvalue weighted by atomic mass is 127. The molecule has 1 aromatic carbocycles. The second-order valence-electron chi connectivity index (χ2n) is 7.48. The van der Waals surface area contributed by atoms with Gasteiger partial charge in [-0.25, -0.2) is 9.98 Å². The summed E-state index contributed by atoms with van der Waals surface area (Å²) in [7, 11) is 0. The topological polar surface area (TPSA) is 77.0 Å². The quantitative estimate of drug-likeness (QED) is 0.161. The molecule has 1 saturated carbocycles. The van der Waals surface area contributed by atoms with Crippen molar-refractivity contribution in [3.8, 4) is 17.4 Å². The number of nitrogens with zero attached hydrogens (tertiary/aromatic N) is 2. The van der Waals surface area contributed by atoms with Crippen molar-refractivity contribution in [3.05, 3.63) is 48.2 Å². The summed E-state index contributed by atoms with van der Waals surface area (Å²) < 4.78 is 17.1.